The Labute approximate surface area is 126 Å². The maximum Gasteiger partial charge on any atom is 0.251 e. The van der Waals surface area contributed by atoms with Crippen molar-refractivity contribution in [2.75, 3.05) is 0 Å². The van der Waals surface area contributed by atoms with Gasteiger partial charge in [0.15, 0.2) is 0 Å². The first kappa shape index (κ1) is 13.7. The molecule has 3 nitrogen and oxygen atoms in total. The fourth-order valence-electron chi connectivity index (χ4n) is 2.35. The van der Waals surface area contributed by atoms with Gasteiger partial charge in [0, 0.05) is 21.1 Å². The molecule has 1 aliphatic carbocycles. The molecule has 2 atom stereocenters. The summed E-state index contributed by atoms with van der Waals surface area (Å²) in [6.45, 7) is 0. The molecule has 0 aliphatic heterocycles. The van der Waals surface area contributed by atoms with E-state index in [0.29, 0.717) is 10.6 Å². The van der Waals surface area contributed by atoms with Gasteiger partial charge in [0.05, 0.1) is 4.99 Å². The maximum atomic E-state index is 12.1. The molecule has 1 saturated carbocycles. The Kier molecular flexibility index (Phi) is 4.55. The first-order chi connectivity index (χ1) is 8.58. The van der Waals surface area contributed by atoms with Crippen LogP contribution in [0.4, 0.5) is 0 Å². The Morgan fingerprint density at radius 1 is 1.44 bits per heavy atom. The third kappa shape index (κ3) is 3.20. The van der Waals surface area contributed by atoms with E-state index in [1.54, 1.807) is 0 Å². The highest BCUT2D eigenvalue weighted by Crippen LogP contribution is 2.26. The summed E-state index contributed by atoms with van der Waals surface area (Å²) in [6, 6.07) is 7.64. The fraction of sp³-hybridized carbons (Fsp3) is 0.385. The van der Waals surface area contributed by atoms with E-state index in [0.717, 1.165) is 22.8 Å². The second kappa shape index (κ2) is 5.97. The zero-order valence-corrected chi connectivity index (χ0v) is 12.8. The number of benzene rings is 1. The zero-order chi connectivity index (χ0) is 13.1. The number of carbonyl (C=O) groups is 1. The molecular formula is C13H15IN2OS. The number of nitrogens with one attached hydrogen (secondary N) is 1. The Balaban J connectivity index is 2.05. The molecule has 1 aliphatic rings. The van der Waals surface area contributed by atoms with Gasteiger partial charge in [-0.25, -0.2) is 0 Å². The van der Waals surface area contributed by atoms with Crippen molar-refractivity contribution in [2.45, 2.75) is 25.3 Å². The van der Waals surface area contributed by atoms with E-state index in [2.05, 4.69) is 27.9 Å². The summed E-state index contributed by atoms with van der Waals surface area (Å²) in [7, 11) is 0. The Bertz CT molecular complexity index is 478. The zero-order valence-electron chi connectivity index (χ0n) is 9.86. The quantitative estimate of drug-likeness (QED) is 0.632. The van der Waals surface area contributed by atoms with Crippen LogP contribution in [0.2, 0.25) is 0 Å². The molecule has 1 aromatic rings. The number of thiocarbonyl (C=S) groups is 1. The van der Waals surface area contributed by atoms with Crippen LogP contribution in [-0.4, -0.2) is 16.9 Å². The highest BCUT2D eigenvalue weighted by Gasteiger charge is 2.30. The van der Waals surface area contributed by atoms with E-state index in [9.17, 15) is 4.79 Å². The molecule has 96 valence electrons. The number of amides is 1. The second-order valence-electron chi connectivity index (χ2n) is 4.53. The summed E-state index contributed by atoms with van der Waals surface area (Å²) >= 11 is 7.25. The van der Waals surface area contributed by atoms with Gasteiger partial charge in [-0.2, -0.15) is 0 Å². The lowest BCUT2D eigenvalue weighted by Crippen LogP contribution is -2.41. The lowest BCUT2D eigenvalue weighted by molar-refractivity contribution is 0.0933. The monoisotopic (exact) mass is 374 g/mol. The Hall–Kier alpha value is -0.690. The van der Waals surface area contributed by atoms with Gasteiger partial charge in [0.1, 0.15) is 0 Å². The molecule has 2 unspecified atom stereocenters. The molecule has 0 bridgehead atoms. The van der Waals surface area contributed by atoms with Gasteiger partial charge in [0.25, 0.3) is 5.91 Å². The molecule has 5 heteroatoms. The van der Waals surface area contributed by atoms with Crippen LogP contribution in [0.3, 0.4) is 0 Å². The van der Waals surface area contributed by atoms with Crippen LogP contribution >= 0.6 is 34.8 Å². The normalized spacial score (nSPS) is 22.7. The van der Waals surface area contributed by atoms with Gasteiger partial charge in [0.2, 0.25) is 0 Å². The van der Waals surface area contributed by atoms with Gasteiger partial charge in [-0.3, -0.25) is 4.79 Å². The van der Waals surface area contributed by atoms with E-state index in [1.807, 2.05) is 24.3 Å². The predicted octanol–water partition coefficient (Wildman–Crippen LogP) is 2.48. The van der Waals surface area contributed by atoms with Crippen molar-refractivity contribution in [2.24, 2.45) is 11.7 Å². The van der Waals surface area contributed by atoms with Crippen molar-refractivity contribution >= 4 is 45.7 Å². The minimum Gasteiger partial charge on any atom is -0.393 e. The lowest BCUT2D eigenvalue weighted by Gasteiger charge is -2.19. The maximum absolute atomic E-state index is 12.1. The number of halogens is 1. The summed E-state index contributed by atoms with van der Waals surface area (Å²) in [5, 5.41) is 3.04. The molecule has 18 heavy (non-hydrogen) atoms. The summed E-state index contributed by atoms with van der Waals surface area (Å²) in [6.07, 6.45) is 3.00. The van der Waals surface area contributed by atoms with Gasteiger partial charge in [-0.1, -0.05) is 24.7 Å². The van der Waals surface area contributed by atoms with Gasteiger partial charge >= 0.3 is 0 Å². The van der Waals surface area contributed by atoms with Gasteiger partial charge < -0.3 is 11.1 Å². The lowest BCUT2D eigenvalue weighted by atomic mass is 10.0. The Morgan fingerprint density at radius 2 is 2.22 bits per heavy atom. The standard InChI is InChI=1S/C13H15IN2OS/c14-9-4-1-3-8(7-9)13(17)16-11-6-2-5-10(11)12(15)18/h1,3-4,7,10-11H,2,5-6H2,(H2,15,18)(H,16,17). The summed E-state index contributed by atoms with van der Waals surface area (Å²) in [5.41, 5.74) is 6.40. The van der Waals surface area contributed by atoms with Gasteiger partial charge in [-0.05, 0) is 53.6 Å². The van der Waals surface area contributed by atoms with Crippen LogP contribution in [-0.2, 0) is 0 Å². The summed E-state index contributed by atoms with van der Waals surface area (Å²) in [5.74, 6) is 0.105. The van der Waals surface area contributed by atoms with E-state index >= 15 is 0 Å². The Morgan fingerprint density at radius 3 is 2.89 bits per heavy atom. The molecule has 0 saturated heterocycles. The van der Waals surface area contributed by atoms with Crippen molar-refractivity contribution in [1.82, 2.24) is 5.32 Å². The molecule has 0 heterocycles. The summed E-state index contributed by atoms with van der Waals surface area (Å²) < 4.78 is 1.05. The first-order valence-electron chi connectivity index (χ1n) is 5.93. The third-order valence-corrected chi connectivity index (χ3v) is 4.26. The van der Waals surface area contributed by atoms with Crippen LogP contribution in [0.5, 0.6) is 0 Å². The van der Waals surface area contributed by atoms with E-state index in [1.165, 1.54) is 0 Å². The highest BCUT2D eigenvalue weighted by molar-refractivity contribution is 14.1. The average Bonchev–Trinajstić information content (AvgIpc) is 2.77. The molecule has 0 spiro atoms. The minimum absolute atomic E-state index is 0.0401. The predicted molar refractivity (Wildman–Crippen MR) is 84.5 cm³/mol. The van der Waals surface area contributed by atoms with Crippen molar-refractivity contribution in [3.63, 3.8) is 0 Å². The molecule has 1 aromatic carbocycles. The van der Waals surface area contributed by atoms with Crippen molar-refractivity contribution in [3.05, 3.63) is 33.4 Å². The van der Waals surface area contributed by atoms with E-state index in [4.69, 9.17) is 18.0 Å². The second-order valence-corrected chi connectivity index (χ2v) is 6.25. The topological polar surface area (TPSA) is 55.1 Å². The molecular weight excluding hydrogens is 359 g/mol. The van der Waals surface area contributed by atoms with E-state index in [-0.39, 0.29) is 17.9 Å². The third-order valence-electron chi connectivity index (χ3n) is 3.28. The smallest absolute Gasteiger partial charge is 0.251 e. The largest absolute Gasteiger partial charge is 0.393 e. The van der Waals surface area contributed by atoms with Crippen LogP contribution in [0.15, 0.2) is 24.3 Å². The van der Waals surface area contributed by atoms with Crippen LogP contribution < -0.4 is 11.1 Å². The molecule has 0 aromatic heterocycles. The molecule has 3 N–H and O–H groups in total. The van der Waals surface area contributed by atoms with Crippen molar-refractivity contribution in [1.29, 1.82) is 0 Å². The SMILES string of the molecule is NC(=S)C1CCCC1NC(=O)c1cccc(I)c1. The summed E-state index contributed by atoms with van der Waals surface area (Å²) in [4.78, 5) is 12.6. The number of hydrogen-bond donors (Lipinski definition) is 2. The number of hydrogen-bond acceptors (Lipinski definition) is 2. The van der Waals surface area contributed by atoms with Crippen LogP contribution in [0.25, 0.3) is 0 Å². The van der Waals surface area contributed by atoms with Crippen LogP contribution in [0.1, 0.15) is 29.6 Å². The van der Waals surface area contributed by atoms with E-state index < -0.39 is 0 Å². The van der Waals surface area contributed by atoms with Crippen molar-refractivity contribution < 1.29 is 4.79 Å². The number of nitrogens with two attached hydrogens (primary N) is 1. The average molecular weight is 374 g/mol. The minimum atomic E-state index is -0.0401. The molecule has 0 radical (unpaired) electrons. The number of rotatable bonds is 3. The molecule has 2 rings (SSSR count). The number of carbonyl (C=O) groups excluding carboxylic acids is 1. The molecule has 1 amide bonds. The fourth-order valence-corrected chi connectivity index (χ4v) is 3.18. The molecule has 1 fully saturated rings. The van der Waals surface area contributed by atoms with Crippen LogP contribution in [0, 0.1) is 9.49 Å². The van der Waals surface area contributed by atoms with Crippen molar-refractivity contribution in [3.8, 4) is 0 Å². The van der Waals surface area contributed by atoms with Gasteiger partial charge in [-0.15, -0.1) is 0 Å². The highest BCUT2D eigenvalue weighted by atomic mass is 127. The first-order valence-corrected chi connectivity index (χ1v) is 7.42.